The van der Waals surface area contributed by atoms with Crippen LogP contribution >= 0.6 is 22.6 Å². The molecule has 0 heterocycles. The number of hydrogen-bond donors (Lipinski definition) is 3. The monoisotopic (exact) mass is 716 g/mol. The molecule has 2 amide bonds. The van der Waals surface area contributed by atoms with Crippen LogP contribution in [0.25, 0.3) is 0 Å². The van der Waals surface area contributed by atoms with Gasteiger partial charge in [-0.25, -0.2) is 4.39 Å². The first-order chi connectivity index (χ1) is 21.2. The van der Waals surface area contributed by atoms with Crippen molar-refractivity contribution in [3.63, 3.8) is 0 Å². The fourth-order valence-electron chi connectivity index (χ4n) is 5.13. The average molecular weight is 717 g/mol. The summed E-state index contributed by atoms with van der Waals surface area (Å²) >= 11 is 1.99. The lowest BCUT2D eigenvalue weighted by Crippen LogP contribution is -2.56. The van der Waals surface area contributed by atoms with Crippen LogP contribution in [0.5, 0.6) is 11.5 Å². The summed E-state index contributed by atoms with van der Waals surface area (Å²) in [4.78, 5) is 40.0. The number of aliphatic hydroxyl groups excluding tert-OH is 2. The summed E-state index contributed by atoms with van der Waals surface area (Å²) in [6.45, 7) is -0.104. The standard InChI is InChI=1S/C33H34FIN2O7/c1-43-29-16-23(20-39)15-26(35)32(29)44-28-19-24(33(42)36-11-13-38)18-27(31(28)41)37(12-10-22-8-5-9-25(34)14-22)30(40)17-21-6-3-2-4-7-21/h2-9,14-16,19-20,27-28,31,38,41H,10-13,17-18H2,1H3,(H,36,42)/t27-,28+,31+/m1/s1. The number of amides is 2. The molecular weight excluding hydrogens is 682 g/mol. The number of carbonyl (C=O) groups is 3. The number of carbonyl (C=O) groups excluding carboxylic acids is 3. The maximum atomic E-state index is 14.0. The van der Waals surface area contributed by atoms with E-state index in [0.717, 1.165) is 5.56 Å². The van der Waals surface area contributed by atoms with Gasteiger partial charge in [-0.15, -0.1) is 0 Å². The Morgan fingerprint density at radius 1 is 1.11 bits per heavy atom. The van der Waals surface area contributed by atoms with Gasteiger partial charge < -0.3 is 29.9 Å². The molecule has 232 valence electrons. The molecule has 0 radical (unpaired) electrons. The highest BCUT2D eigenvalue weighted by molar-refractivity contribution is 14.1. The van der Waals surface area contributed by atoms with E-state index in [1.807, 2.05) is 52.9 Å². The zero-order chi connectivity index (χ0) is 31.6. The summed E-state index contributed by atoms with van der Waals surface area (Å²) in [6.07, 6.45) is 0.189. The molecule has 44 heavy (non-hydrogen) atoms. The van der Waals surface area contributed by atoms with Gasteiger partial charge in [0.15, 0.2) is 11.5 Å². The van der Waals surface area contributed by atoms with Crippen LogP contribution in [0.2, 0.25) is 0 Å². The van der Waals surface area contributed by atoms with Crippen LogP contribution in [-0.4, -0.2) is 78.3 Å². The average Bonchev–Trinajstić information content (AvgIpc) is 3.02. The van der Waals surface area contributed by atoms with E-state index in [1.54, 1.807) is 18.2 Å². The lowest BCUT2D eigenvalue weighted by molar-refractivity contribution is -0.137. The van der Waals surface area contributed by atoms with Gasteiger partial charge in [-0.05, 0) is 70.5 Å². The number of ether oxygens (including phenoxy) is 2. The summed E-state index contributed by atoms with van der Waals surface area (Å²) in [5.41, 5.74) is 2.08. The van der Waals surface area contributed by atoms with Gasteiger partial charge in [0.05, 0.1) is 29.7 Å². The number of aliphatic hydroxyl groups is 2. The van der Waals surface area contributed by atoms with Crippen molar-refractivity contribution >= 4 is 40.7 Å². The van der Waals surface area contributed by atoms with E-state index in [2.05, 4.69) is 5.32 Å². The normalized spacial score (nSPS) is 17.8. The first-order valence-corrected chi connectivity index (χ1v) is 15.2. The molecule has 0 aliphatic heterocycles. The molecule has 0 bridgehead atoms. The first-order valence-electron chi connectivity index (χ1n) is 14.1. The summed E-state index contributed by atoms with van der Waals surface area (Å²) in [6, 6.07) is 17.5. The third-order valence-corrected chi connectivity index (χ3v) is 8.11. The molecule has 3 aromatic rings. The van der Waals surface area contributed by atoms with Crippen LogP contribution in [0.4, 0.5) is 4.39 Å². The minimum atomic E-state index is -1.28. The van der Waals surface area contributed by atoms with Crippen LogP contribution in [0.15, 0.2) is 78.4 Å². The van der Waals surface area contributed by atoms with E-state index >= 15 is 0 Å². The van der Waals surface area contributed by atoms with Gasteiger partial charge in [-0.1, -0.05) is 42.5 Å². The maximum Gasteiger partial charge on any atom is 0.247 e. The van der Waals surface area contributed by atoms with Gasteiger partial charge in [0.1, 0.15) is 24.3 Å². The highest BCUT2D eigenvalue weighted by Gasteiger charge is 2.40. The first kappa shape index (κ1) is 33.1. The molecule has 0 saturated heterocycles. The molecule has 0 aromatic heterocycles. The molecule has 0 saturated carbocycles. The fraction of sp³-hybridized carbons (Fsp3) is 0.303. The second kappa shape index (κ2) is 15.8. The summed E-state index contributed by atoms with van der Waals surface area (Å²) in [5.74, 6) is -0.628. The van der Waals surface area contributed by atoms with Crippen molar-refractivity contribution in [1.29, 1.82) is 0 Å². The van der Waals surface area contributed by atoms with E-state index in [9.17, 15) is 29.0 Å². The lowest BCUT2D eigenvalue weighted by Gasteiger charge is -2.41. The number of benzene rings is 3. The predicted molar refractivity (Wildman–Crippen MR) is 170 cm³/mol. The topological polar surface area (TPSA) is 125 Å². The van der Waals surface area contributed by atoms with Crippen LogP contribution < -0.4 is 14.8 Å². The Bertz CT molecular complexity index is 1500. The second-order valence-electron chi connectivity index (χ2n) is 10.3. The highest BCUT2D eigenvalue weighted by atomic mass is 127. The highest BCUT2D eigenvalue weighted by Crippen LogP contribution is 2.37. The molecule has 11 heteroatoms. The van der Waals surface area contributed by atoms with Crippen molar-refractivity contribution in [2.75, 3.05) is 26.8 Å². The summed E-state index contributed by atoms with van der Waals surface area (Å²) in [5, 5.41) is 23.7. The molecule has 9 nitrogen and oxygen atoms in total. The molecule has 3 aromatic carbocycles. The molecule has 1 aliphatic rings. The second-order valence-corrected chi connectivity index (χ2v) is 11.5. The molecule has 1 aliphatic carbocycles. The Morgan fingerprint density at radius 3 is 2.55 bits per heavy atom. The fourth-order valence-corrected chi connectivity index (χ4v) is 5.88. The van der Waals surface area contributed by atoms with E-state index < -0.39 is 30.0 Å². The van der Waals surface area contributed by atoms with Crippen molar-refractivity contribution < 1.29 is 38.5 Å². The van der Waals surface area contributed by atoms with Crippen LogP contribution in [-0.2, 0) is 22.4 Å². The van der Waals surface area contributed by atoms with Gasteiger partial charge in [-0.2, -0.15) is 0 Å². The number of rotatable bonds is 13. The van der Waals surface area contributed by atoms with Crippen LogP contribution in [0.3, 0.4) is 0 Å². The van der Waals surface area contributed by atoms with Crippen molar-refractivity contribution in [1.82, 2.24) is 10.2 Å². The Kier molecular flexibility index (Phi) is 11.9. The minimum absolute atomic E-state index is 0.0142. The number of halogens is 2. The molecule has 3 atom stereocenters. The van der Waals surface area contributed by atoms with Crippen molar-refractivity contribution in [3.8, 4) is 11.5 Å². The van der Waals surface area contributed by atoms with E-state index in [-0.39, 0.29) is 55.5 Å². The largest absolute Gasteiger partial charge is 0.493 e. The van der Waals surface area contributed by atoms with E-state index in [4.69, 9.17) is 9.47 Å². The number of aldehydes is 1. The van der Waals surface area contributed by atoms with Gasteiger partial charge >= 0.3 is 0 Å². The third-order valence-electron chi connectivity index (χ3n) is 7.31. The van der Waals surface area contributed by atoms with Crippen molar-refractivity contribution in [3.05, 3.63) is 104 Å². The Morgan fingerprint density at radius 2 is 1.86 bits per heavy atom. The Hall–Kier alpha value is -3.81. The number of nitrogens with one attached hydrogen (secondary N) is 1. The molecule has 3 N–H and O–H groups in total. The van der Waals surface area contributed by atoms with Crippen molar-refractivity contribution in [2.24, 2.45) is 0 Å². The SMILES string of the molecule is COc1cc(C=O)cc(I)c1O[C@H]1C=C(C(=O)NCCO)C[C@@H](N(CCc2cccc(F)c2)C(=O)Cc2ccccc2)[C@@H]1O. The smallest absolute Gasteiger partial charge is 0.247 e. The van der Waals surface area contributed by atoms with Crippen LogP contribution in [0, 0.1) is 9.39 Å². The van der Waals surface area contributed by atoms with Gasteiger partial charge in [0.25, 0.3) is 0 Å². The predicted octanol–water partition coefficient (Wildman–Crippen LogP) is 3.48. The zero-order valence-corrected chi connectivity index (χ0v) is 26.3. The minimum Gasteiger partial charge on any atom is -0.493 e. The quantitative estimate of drug-likeness (QED) is 0.183. The third kappa shape index (κ3) is 8.42. The molecule has 0 spiro atoms. The number of methoxy groups -OCH3 is 1. The van der Waals surface area contributed by atoms with E-state index in [0.29, 0.717) is 27.4 Å². The van der Waals surface area contributed by atoms with Gasteiger partial charge in [-0.3, -0.25) is 14.4 Å². The number of nitrogens with zero attached hydrogens (tertiary/aromatic N) is 1. The lowest BCUT2D eigenvalue weighted by atomic mass is 9.87. The van der Waals surface area contributed by atoms with Crippen molar-refractivity contribution in [2.45, 2.75) is 37.5 Å². The van der Waals surface area contributed by atoms with Crippen LogP contribution in [0.1, 0.15) is 27.9 Å². The molecular formula is C33H34FIN2O7. The summed E-state index contributed by atoms with van der Waals surface area (Å²) in [7, 11) is 1.42. The number of hydrogen-bond acceptors (Lipinski definition) is 7. The maximum absolute atomic E-state index is 14.0. The Balaban J connectivity index is 1.71. The molecule has 4 rings (SSSR count). The zero-order valence-electron chi connectivity index (χ0n) is 24.1. The molecule has 0 unspecified atom stereocenters. The Labute approximate surface area is 268 Å². The van der Waals surface area contributed by atoms with E-state index in [1.165, 1.54) is 36.3 Å². The molecule has 0 fully saturated rings. The summed E-state index contributed by atoms with van der Waals surface area (Å²) < 4.78 is 26.2. The van der Waals surface area contributed by atoms with Gasteiger partial charge in [0, 0.05) is 30.6 Å². The van der Waals surface area contributed by atoms with Gasteiger partial charge in [0.2, 0.25) is 11.8 Å².